The van der Waals surface area contributed by atoms with Crippen molar-refractivity contribution in [2.45, 2.75) is 38.3 Å². The fourth-order valence-corrected chi connectivity index (χ4v) is 3.38. The van der Waals surface area contributed by atoms with Crippen LogP contribution in [0.1, 0.15) is 37.8 Å². The molecule has 2 N–H and O–H groups in total. The van der Waals surface area contributed by atoms with Crippen LogP contribution in [0.25, 0.3) is 0 Å². The molecule has 0 amide bonds. The van der Waals surface area contributed by atoms with Gasteiger partial charge in [0.15, 0.2) is 0 Å². The van der Waals surface area contributed by atoms with Crippen LogP contribution in [0.5, 0.6) is 0 Å². The van der Waals surface area contributed by atoms with Gasteiger partial charge in [0.05, 0.1) is 5.75 Å². The van der Waals surface area contributed by atoms with Gasteiger partial charge in [0.2, 0.25) is 10.0 Å². The molecule has 112 valence electrons. The summed E-state index contributed by atoms with van der Waals surface area (Å²) in [6, 6.07) is 6.24. The van der Waals surface area contributed by atoms with Crippen molar-refractivity contribution in [2.75, 3.05) is 12.3 Å². The van der Waals surface area contributed by atoms with E-state index in [0.29, 0.717) is 24.6 Å². The molecule has 0 aliphatic heterocycles. The third-order valence-electron chi connectivity index (χ3n) is 3.33. The Labute approximate surface area is 119 Å². The van der Waals surface area contributed by atoms with Gasteiger partial charge in [-0.25, -0.2) is 17.5 Å². The first-order chi connectivity index (χ1) is 9.48. The Morgan fingerprint density at radius 3 is 2.70 bits per heavy atom. The molecule has 0 saturated heterocycles. The molecule has 2 rings (SSSR count). The summed E-state index contributed by atoms with van der Waals surface area (Å²) in [6.07, 6.45) is 2.94. The molecule has 0 spiro atoms. The van der Waals surface area contributed by atoms with Crippen LogP contribution in [-0.4, -0.2) is 26.8 Å². The number of sulfonamides is 1. The van der Waals surface area contributed by atoms with Crippen LogP contribution >= 0.6 is 0 Å². The van der Waals surface area contributed by atoms with E-state index in [4.69, 9.17) is 0 Å². The van der Waals surface area contributed by atoms with Gasteiger partial charge in [0, 0.05) is 17.6 Å². The zero-order valence-corrected chi connectivity index (χ0v) is 12.4. The number of hydrogen-bond acceptors (Lipinski definition) is 3. The standard InChI is InChI=1S/C14H21FN2O2S/c1-11(13-5-2-3-6-14(13)15)17-20(18,19)10-4-9-16-12-7-8-12/h2-3,5-6,11-12,16-17H,4,7-10H2,1H3. The first kappa shape index (κ1) is 15.4. The fraction of sp³-hybridized carbons (Fsp3) is 0.571. The Bertz CT molecular complexity index is 544. The summed E-state index contributed by atoms with van der Waals surface area (Å²) in [4.78, 5) is 0. The molecule has 1 fully saturated rings. The number of benzene rings is 1. The van der Waals surface area contributed by atoms with Crippen LogP contribution in [-0.2, 0) is 10.0 Å². The van der Waals surface area contributed by atoms with Crippen LogP contribution < -0.4 is 10.0 Å². The SMILES string of the molecule is CC(NS(=O)(=O)CCCNC1CC1)c1ccccc1F. The Balaban J connectivity index is 1.82. The summed E-state index contributed by atoms with van der Waals surface area (Å²) in [5.74, 6) is -0.330. The van der Waals surface area contributed by atoms with E-state index >= 15 is 0 Å². The molecule has 1 aliphatic carbocycles. The van der Waals surface area contributed by atoms with Gasteiger partial charge in [-0.15, -0.1) is 0 Å². The Kier molecular flexibility index (Phi) is 5.12. The van der Waals surface area contributed by atoms with Crippen LogP contribution in [0.2, 0.25) is 0 Å². The predicted octanol–water partition coefficient (Wildman–Crippen LogP) is 1.95. The van der Waals surface area contributed by atoms with Gasteiger partial charge in [0.25, 0.3) is 0 Å². The van der Waals surface area contributed by atoms with E-state index < -0.39 is 21.9 Å². The molecule has 6 heteroatoms. The predicted molar refractivity (Wildman–Crippen MR) is 77.4 cm³/mol. The van der Waals surface area contributed by atoms with Gasteiger partial charge >= 0.3 is 0 Å². The largest absolute Gasteiger partial charge is 0.314 e. The van der Waals surface area contributed by atoms with Crippen LogP contribution in [0.4, 0.5) is 4.39 Å². The van der Waals surface area contributed by atoms with Crippen molar-refractivity contribution in [3.8, 4) is 0 Å². The van der Waals surface area contributed by atoms with Crippen LogP contribution in [0.3, 0.4) is 0 Å². The molecule has 1 aromatic rings. The average molecular weight is 300 g/mol. The maximum Gasteiger partial charge on any atom is 0.212 e. The maximum absolute atomic E-state index is 13.6. The number of halogens is 1. The van der Waals surface area contributed by atoms with Gasteiger partial charge in [-0.3, -0.25) is 0 Å². The first-order valence-corrected chi connectivity index (χ1v) is 8.61. The topological polar surface area (TPSA) is 58.2 Å². The molecule has 1 atom stereocenters. The van der Waals surface area contributed by atoms with Crippen molar-refractivity contribution < 1.29 is 12.8 Å². The maximum atomic E-state index is 13.6. The summed E-state index contributed by atoms with van der Waals surface area (Å²) < 4.78 is 39.9. The van der Waals surface area contributed by atoms with E-state index in [1.807, 2.05) is 0 Å². The van der Waals surface area contributed by atoms with E-state index in [0.717, 1.165) is 0 Å². The lowest BCUT2D eigenvalue weighted by Crippen LogP contribution is -2.31. The summed E-state index contributed by atoms with van der Waals surface area (Å²) >= 11 is 0. The Morgan fingerprint density at radius 1 is 1.35 bits per heavy atom. The molecule has 20 heavy (non-hydrogen) atoms. The molecule has 1 aliphatic rings. The van der Waals surface area contributed by atoms with Crippen LogP contribution in [0.15, 0.2) is 24.3 Å². The van der Waals surface area contributed by atoms with Gasteiger partial charge in [0.1, 0.15) is 5.82 Å². The third-order valence-corrected chi connectivity index (χ3v) is 4.87. The first-order valence-electron chi connectivity index (χ1n) is 6.96. The monoisotopic (exact) mass is 300 g/mol. The van der Waals surface area contributed by atoms with Gasteiger partial charge in [-0.1, -0.05) is 18.2 Å². The highest BCUT2D eigenvalue weighted by Gasteiger charge is 2.21. The molecule has 0 radical (unpaired) electrons. The number of hydrogen-bond donors (Lipinski definition) is 2. The second-order valence-corrected chi connectivity index (χ2v) is 7.14. The van der Waals surface area contributed by atoms with Gasteiger partial charge in [-0.05, 0) is 38.8 Å². The highest BCUT2D eigenvalue weighted by atomic mass is 32.2. The summed E-state index contributed by atoms with van der Waals surface area (Å²) in [7, 11) is -3.38. The molecule has 0 heterocycles. The van der Waals surface area contributed by atoms with E-state index in [2.05, 4.69) is 10.0 Å². The Hall–Kier alpha value is -0.980. The van der Waals surface area contributed by atoms with Crippen molar-refractivity contribution >= 4 is 10.0 Å². The average Bonchev–Trinajstić information content (AvgIpc) is 3.18. The smallest absolute Gasteiger partial charge is 0.212 e. The zero-order valence-electron chi connectivity index (χ0n) is 11.6. The third kappa shape index (κ3) is 4.85. The minimum Gasteiger partial charge on any atom is -0.314 e. The summed E-state index contributed by atoms with van der Waals surface area (Å²) in [6.45, 7) is 2.36. The minimum atomic E-state index is -3.38. The molecule has 0 bridgehead atoms. The lowest BCUT2D eigenvalue weighted by Gasteiger charge is -2.15. The number of rotatable bonds is 8. The van der Waals surface area contributed by atoms with Crippen LogP contribution in [0, 0.1) is 5.82 Å². The van der Waals surface area contributed by atoms with Crippen molar-refractivity contribution in [1.82, 2.24) is 10.0 Å². The second-order valence-electron chi connectivity index (χ2n) is 5.26. The second kappa shape index (κ2) is 6.65. The molecule has 1 unspecified atom stereocenters. The lowest BCUT2D eigenvalue weighted by molar-refractivity contribution is 0.546. The molecule has 1 saturated carbocycles. The fourth-order valence-electron chi connectivity index (χ4n) is 2.07. The molecular formula is C14H21FN2O2S. The summed E-state index contributed by atoms with van der Waals surface area (Å²) in [5.41, 5.74) is 0.368. The molecular weight excluding hydrogens is 279 g/mol. The Morgan fingerprint density at radius 2 is 2.05 bits per heavy atom. The van der Waals surface area contributed by atoms with E-state index in [1.165, 1.54) is 18.9 Å². The normalized spacial score (nSPS) is 17.1. The van der Waals surface area contributed by atoms with Crippen molar-refractivity contribution in [1.29, 1.82) is 0 Å². The molecule has 4 nitrogen and oxygen atoms in total. The van der Waals surface area contributed by atoms with Gasteiger partial charge < -0.3 is 5.32 Å². The quantitative estimate of drug-likeness (QED) is 0.722. The van der Waals surface area contributed by atoms with E-state index in [-0.39, 0.29) is 5.75 Å². The molecule has 1 aromatic carbocycles. The van der Waals surface area contributed by atoms with Gasteiger partial charge in [-0.2, -0.15) is 0 Å². The summed E-state index contributed by atoms with van der Waals surface area (Å²) in [5, 5.41) is 3.27. The van der Waals surface area contributed by atoms with E-state index in [1.54, 1.807) is 25.1 Å². The lowest BCUT2D eigenvalue weighted by atomic mass is 10.1. The molecule has 0 aromatic heterocycles. The highest BCUT2D eigenvalue weighted by molar-refractivity contribution is 7.89. The van der Waals surface area contributed by atoms with E-state index in [9.17, 15) is 12.8 Å². The van der Waals surface area contributed by atoms with Crippen molar-refractivity contribution in [3.05, 3.63) is 35.6 Å². The highest BCUT2D eigenvalue weighted by Crippen LogP contribution is 2.19. The number of nitrogens with one attached hydrogen (secondary N) is 2. The van der Waals surface area contributed by atoms with Crippen molar-refractivity contribution in [3.63, 3.8) is 0 Å². The minimum absolute atomic E-state index is 0.0610. The zero-order chi connectivity index (χ0) is 14.6. The van der Waals surface area contributed by atoms with Crippen molar-refractivity contribution in [2.24, 2.45) is 0 Å².